The molecule has 0 aliphatic carbocycles. The molecule has 1 aliphatic heterocycles. The van der Waals surface area contributed by atoms with Crippen LogP contribution in [-0.4, -0.2) is 72.7 Å². The Hall–Kier alpha value is -3.70. The maximum atomic E-state index is 13.2. The zero-order valence-corrected chi connectivity index (χ0v) is 21.1. The number of hydrogen-bond acceptors (Lipinski definition) is 8. The van der Waals surface area contributed by atoms with Crippen molar-refractivity contribution in [1.82, 2.24) is 23.9 Å². The molecule has 0 N–H and O–H groups in total. The highest BCUT2D eigenvalue weighted by molar-refractivity contribution is 7.88. The third kappa shape index (κ3) is 4.71. The summed E-state index contributed by atoms with van der Waals surface area (Å²) in [5.41, 5.74) is 2.51. The number of hydrogen-bond donors (Lipinski definition) is 0. The number of nitrogens with zero attached hydrogens (tertiary/aromatic N) is 6. The van der Waals surface area contributed by atoms with Crippen LogP contribution in [0.4, 0.5) is 5.82 Å². The van der Waals surface area contributed by atoms with Gasteiger partial charge in [0.05, 0.1) is 20.0 Å². The zero-order chi connectivity index (χ0) is 25.1. The summed E-state index contributed by atoms with van der Waals surface area (Å²) in [5.74, 6) is 2.52. The molecule has 0 atom stereocenters. The molecule has 3 heterocycles. The Morgan fingerprint density at radius 3 is 2.50 bits per heavy atom. The van der Waals surface area contributed by atoms with Crippen LogP contribution in [0, 0.1) is 0 Å². The number of anilines is 1. The molecule has 2 aromatic heterocycles. The summed E-state index contributed by atoms with van der Waals surface area (Å²) in [6, 6.07) is 15.0. The van der Waals surface area contributed by atoms with Gasteiger partial charge in [-0.1, -0.05) is 36.4 Å². The van der Waals surface area contributed by atoms with Gasteiger partial charge in [0.1, 0.15) is 12.1 Å². The van der Waals surface area contributed by atoms with Crippen LogP contribution in [0.2, 0.25) is 0 Å². The van der Waals surface area contributed by atoms with Crippen molar-refractivity contribution in [3.05, 3.63) is 66.6 Å². The molecule has 2 aromatic carbocycles. The maximum absolute atomic E-state index is 13.2. The van der Waals surface area contributed by atoms with Gasteiger partial charge in [-0.2, -0.15) is 18.9 Å². The molecule has 188 valence electrons. The third-order valence-electron chi connectivity index (χ3n) is 6.31. The largest absolute Gasteiger partial charge is 0.493 e. The molecule has 1 saturated heterocycles. The first kappa shape index (κ1) is 24.0. The predicted molar refractivity (Wildman–Crippen MR) is 137 cm³/mol. The Balaban J connectivity index is 1.47. The average molecular weight is 509 g/mol. The molecule has 0 bridgehead atoms. The number of rotatable bonds is 7. The van der Waals surface area contributed by atoms with Gasteiger partial charge in [-0.25, -0.2) is 13.4 Å². The Labute approximate surface area is 210 Å². The molecule has 0 saturated carbocycles. The highest BCUT2D eigenvalue weighted by Gasteiger charge is 2.28. The summed E-state index contributed by atoms with van der Waals surface area (Å²) in [5, 5.41) is 4.42. The SMILES string of the molecule is COc1ccc(-c2cnc3ncnn3c2N2CCCN(S(=O)(=O)Cc3ccccc3)CC2)cc1OC. The van der Waals surface area contributed by atoms with Crippen molar-refractivity contribution in [2.75, 3.05) is 45.3 Å². The summed E-state index contributed by atoms with van der Waals surface area (Å²) >= 11 is 0. The van der Waals surface area contributed by atoms with Crippen molar-refractivity contribution in [1.29, 1.82) is 0 Å². The predicted octanol–water partition coefficient (Wildman–Crippen LogP) is 2.85. The second-order valence-corrected chi connectivity index (χ2v) is 10.5. The minimum Gasteiger partial charge on any atom is -0.493 e. The van der Waals surface area contributed by atoms with Gasteiger partial charge in [0.2, 0.25) is 10.0 Å². The first-order chi connectivity index (χ1) is 17.5. The van der Waals surface area contributed by atoms with Crippen molar-refractivity contribution >= 4 is 21.6 Å². The Morgan fingerprint density at radius 1 is 0.917 bits per heavy atom. The molecule has 1 aliphatic rings. The van der Waals surface area contributed by atoms with Gasteiger partial charge in [-0.15, -0.1) is 0 Å². The average Bonchev–Trinajstić information content (AvgIpc) is 3.23. The number of methoxy groups -OCH3 is 2. The van der Waals surface area contributed by atoms with Crippen LogP contribution in [0.1, 0.15) is 12.0 Å². The van der Waals surface area contributed by atoms with Crippen molar-refractivity contribution in [2.24, 2.45) is 0 Å². The maximum Gasteiger partial charge on any atom is 0.254 e. The van der Waals surface area contributed by atoms with E-state index in [1.54, 1.807) is 29.2 Å². The quantitative estimate of drug-likeness (QED) is 0.376. The van der Waals surface area contributed by atoms with Crippen molar-refractivity contribution in [3.63, 3.8) is 0 Å². The standard InChI is InChI=1S/C25H28N6O4S/c1-34-22-10-9-20(15-23(22)35-2)21-16-26-25-27-18-28-31(25)24(21)29-11-6-12-30(14-13-29)36(32,33)17-19-7-4-3-5-8-19/h3-5,7-10,15-16,18H,6,11-14,17H2,1-2H3. The minimum atomic E-state index is -3.45. The van der Waals surface area contributed by atoms with E-state index in [-0.39, 0.29) is 5.75 Å². The van der Waals surface area contributed by atoms with Gasteiger partial charge < -0.3 is 14.4 Å². The first-order valence-electron chi connectivity index (χ1n) is 11.7. The van der Waals surface area contributed by atoms with Crippen molar-refractivity contribution < 1.29 is 17.9 Å². The van der Waals surface area contributed by atoms with E-state index in [1.807, 2.05) is 48.5 Å². The van der Waals surface area contributed by atoms with E-state index >= 15 is 0 Å². The fourth-order valence-electron chi connectivity index (χ4n) is 4.54. The molecule has 11 heteroatoms. The molecule has 36 heavy (non-hydrogen) atoms. The van der Waals surface area contributed by atoms with E-state index in [2.05, 4.69) is 20.0 Å². The van der Waals surface area contributed by atoms with Crippen molar-refractivity contribution in [3.8, 4) is 22.6 Å². The molecule has 10 nitrogen and oxygen atoms in total. The molecule has 4 aromatic rings. The van der Waals surface area contributed by atoms with Crippen molar-refractivity contribution in [2.45, 2.75) is 12.2 Å². The molecule has 5 rings (SSSR count). The summed E-state index contributed by atoms with van der Waals surface area (Å²) in [7, 11) is -0.251. The second kappa shape index (κ2) is 10.1. The van der Waals surface area contributed by atoms with E-state index in [4.69, 9.17) is 9.47 Å². The fraction of sp³-hybridized carbons (Fsp3) is 0.320. The van der Waals surface area contributed by atoms with Crippen LogP contribution in [0.15, 0.2) is 61.1 Å². The topological polar surface area (TPSA) is 102 Å². The number of sulfonamides is 1. The van der Waals surface area contributed by atoms with Gasteiger partial charge in [-0.05, 0) is 29.7 Å². The van der Waals surface area contributed by atoms with E-state index in [9.17, 15) is 8.42 Å². The monoisotopic (exact) mass is 508 g/mol. The fourth-order valence-corrected chi connectivity index (χ4v) is 6.10. The number of aromatic nitrogens is 4. The van der Waals surface area contributed by atoms with Crippen LogP contribution in [0.5, 0.6) is 11.5 Å². The molecule has 1 fully saturated rings. The number of benzene rings is 2. The second-order valence-electron chi connectivity index (χ2n) is 8.52. The molecule has 0 unspecified atom stereocenters. The van der Waals surface area contributed by atoms with Crippen LogP contribution in [0.25, 0.3) is 16.9 Å². The highest BCUT2D eigenvalue weighted by atomic mass is 32.2. The van der Waals surface area contributed by atoms with Gasteiger partial charge in [0, 0.05) is 37.9 Å². The number of fused-ring (bicyclic) bond motifs is 1. The lowest BCUT2D eigenvalue weighted by Gasteiger charge is -2.26. The third-order valence-corrected chi connectivity index (χ3v) is 8.16. The van der Waals surface area contributed by atoms with Crippen LogP contribution < -0.4 is 14.4 Å². The smallest absolute Gasteiger partial charge is 0.254 e. The molecular formula is C25H28N6O4S. The molecular weight excluding hydrogens is 480 g/mol. The van der Waals surface area contributed by atoms with Gasteiger partial charge in [0.15, 0.2) is 11.5 Å². The summed E-state index contributed by atoms with van der Waals surface area (Å²) in [6.45, 7) is 2.01. The van der Waals surface area contributed by atoms with Crippen LogP contribution >= 0.6 is 0 Å². The van der Waals surface area contributed by atoms with Gasteiger partial charge in [-0.3, -0.25) is 0 Å². The minimum absolute atomic E-state index is 0.00664. The normalized spacial score (nSPS) is 15.1. The van der Waals surface area contributed by atoms with Gasteiger partial charge >= 0.3 is 0 Å². The van der Waals surface area contributed by atoms with E-state index in [0.717, 1.165) is 22.5 Å². The first-order valence-corrected chi connectivity index (χ1v) is 13.3. The Kier molecular flexibility index (Phi) is 6.75. The zero-order valence-electron chi connectivity index (χ0n) is 20.2. The van der Waals surface area contributed by atoms with Gasteiger partial charge in [0.25, 0.3) is 5.78 Å². The Morgan fingerprint density at radius 2 is 1.72 bits per heavy atom. The molecule has 0 amide bonds. The molecule has 0 radical (unpaired) electrons. The summed E-state index contributed by atoms with van der Waals surface area (Å²) in [4.78, 5) is 10.9. The van der Waals surface area contributed by atoms with E-state index < -0.39 is 10.0 Å². The Bertz CT molecular complexity index is 1460. The molecule has 0 spiro atoms. The lowest BCUT2D eigenvalue weighted by atomic mass is 10.1. The highest BCUT2D eigenvalue weighted by Crippen LogP contribution is 2.36. The number of ether oxygens (including phenoxy) is 2. The lowest BCUT2D eigenvalue weighted by Crippen LogP contribution is -2.36. The van der Waals surface area contributed by atoms with E-state index in [0.29, 0.717) is 49.9 Å². The van der Waals surface area contributed by atoms with Crippen LogP contribution in [-0.2, 0) is 15.8 Å². The summed E-state index contributed by atoms with van der Waals surface area (Å²) in [6.07, 6.45) is 3.92. The van der Waals surface area contributed by atoms with Crippen LogP contribution in [0.3, 0.4) is 0 Å². The van der Waals surface area contributed by atoms with E-state index in [1.165, 1.54) is 6.33 Å². The lowest BCUT2D eigenvalue weighted by molar-refractivity contribution is 0.355. The summed E-state index contributed by atoms with van der Waals surface area (Å²) < 4.78 is 40.6.